The minimum atomic E-state index is -2.17. The van der Waals surface area contributed by atoms with Gasteiger partial charge in [0.1, 0.15) is 0 Å². The van der Waals surface area contributed by atoms with Gasteiger partial charge in [0.25, 0.3) is 0 Å². The lowest BCUT2D eigenvalue weighted by molar-refractivity contribution is 0.278. The molecule has 0 aliphatic carbocycles. The van der Waals surface area contributed by atoms with Gasteiger partial charge in [-0.15, -0.1) is 0 Å². The second kappa shape index (κ2) is 5.67. The first-order chi connectivity index (χ1) is 9.43. The van der Waals surface area contributed by atoms with Gasteiger partial charge in [0.15, 0.2) is 0 Å². The summed E-state index contributed by atoms with van der Waals surface area (Å²) in [7, 11) is -2.17. The molecule has 4 nitrogen and oxygen atoms in total. The second-order valence-corrected chi connectivity index (χ2v) is 5.19. The second-order valence-electron chi connectivity index (χ2n) is 5.19. The zero-order valence-electron chi connectivity index (χ0n) is 11.5. The fourth-order valence-corrected chi connectivity index (χ4v) is 2.56. The highest BCUT2D eigenvalue weighted by molar-refractivity contribution is 6.30. The highest BCUT2D eigenvalue weighted by atomic mass is 16.5. The van der Waals surface area contributed by atoms with Gasteiger partial charge in [-0.3, -0.25) is 0 Å². The third kappa shape index (κ3) is 2.85. The smallest absolute Gasteiger partial charge is 0.402 e. The van der Waals surface area contributed by atoms with Crippen LogP contribution in [0.3, 0.4) is 0 Å². The molecule has 5 heteroatoms. The number of nitrogens with one attached hydrogen (secondary N) is 1. The van der Waals surface area contributed by atoms with Gasteiger partial charge in [0.2, 0.25) is 0 Å². The molecule has 1 heterocycles. The Morgan fingerprint density at radius 3 is 1.55 bits per heavy atom. The Labute approximate surface area is 118 Å². The van der Waals surface area contributed by atoms with E-state index in [1.54, 1.807) is 0 Å². The molecule has 0 amide bonds. The van der Waals surface area contributed by atoms with Crippen LogP contribution in [-0.2, 0) is 5.41 Å². The van der Waals surface area contributed by atoms with Gasteiger partial charge < -0.3 is 20.4 Å². The van der Waals surface area contributed by atoms with Gasteiger partial charge in [0.05, 0.1) is 0 Å². The number of benzene rings is 2. The largest absolute Gasteiger partial charge is 0.631 e. The van der Waals surface area contributed by atoms with Gasteiger partial charge in [-0.05, 0) is 23.3 Å². The molecule has 2 aromatic rings. The Morgan fingerprint density at radius 1 is 0.800 bits per heavy atom. The summed E-state index contributed by atoms with van der Waals surface area (Å²) in [4.78, 5) is 0. The van der Waals surface area contributed by atoms with E-state index in [1.807, 2.05) is 0 Å². The molecule has 0 fully saturated rings. The van der Waals surface area contributed by atoms with Crippen molar-refractivity contribution in [1.29, 1.82) is 0 Å². The quantitative estimate of drug-likeness (QED) is 0.553. The zero-order valence-corrected chi connectivity index (χ0v) is 11.5. The van der Waals surface area contributed by atoms with E-state index in [9.17, 15) is 0 Å². The van der Waals surface area contributed by atoms with Crippen LogP contribution in [0, 0.1) is 0 Å². The van der Waals surface area contributed by atoms with Crippen LogP contribution in [0.25, 0.3) is 0 Å². The average molecular weight is 271 g/mol. The summed E-state index contributed by atoms with van der Waals surface area (Å²) in [6.45, 7) is 4.57. The third-order valence-electron chi connectivity index (χ3n) is 3.47. The number of fused-ring (bicyclic) bond motifs is 2. The van der Waals surface area contributed by atoms with Crippen molar-refractivity contribution in [2.24, 2.45) is 0 Å². The van der Waals surface area contributed by atoms with Crippen LogP contribution in [0.2, 0.25) is 0 Å². The fraction of sp³-hybridized carbons (Fsp3) is 0.200. The Kier molecular flexibility index (Phi) is 4.13. The molecule has 0 aromatic heterocycles. The number of hydrogen-bond donors (Lipinski definition) is 4. The molecule has 0 bridgehead atoms. The average Bonchev–Trinajstić information content (AvgIpc) is 2.38. The summed E-state index contributed by atoms with van der Waals surface area (Å²) < 4.78 is 0. The molecule has 0 radical (unpaired) electrons. The maximum atomic E-state index is 7.17. The molecule has 20 heavy (non-hydrogen) atoms. The summed E-state index contributed by atoms with van der Waals surface area (Å²) in [6, 6.07) is 17.1. The van der Waals surface area contributed by atoms with Crippen molar-refractivity contribution < 1.29 is 15.1 Å². The van der Waals surface area contributed by atoms with Crippen molar-refractivity contribution >= 4 is 18.7 Å². The molecule has 1 aliphatic rings. The molecule has 3 rings (SSSR count). The van der Waals surface area contributed by atoms with E-state index in [-0.39, 0.29) is 5.41 Å². The van der Waals surface area contributed by atoms with Gasteiger partial charge in [-0.25, -0.2) is 0 Å². The third-order valence-corrected chi connectivity index (χ3v) is 3.47. The molecule has 0 unspecified atom stereocenters. The molecule has 4 N–H and O–H groups in total. The van der Waals surface area contributed by atoms with Crippen LogP contribution in [-0.4, -0.2) is 22.4 Å². The Hall–Kier alpha value is -1.82. The number of para-hydroxylation sites is 2. The van der Waals surface area contributed by atoms with E-state index < -0.39 is 7.32 Å². The first kappa shape index (κ1) is 14.6. The van der Waals surface area contributed by atoms with Crippen molar-refractivity contribution in [2.75, 3.05) is 5.32 Å². The van der Waals surface area contributed by atoms with Gasteiger partial charge in [-0.2, -0.15) is 0 Å². The molecule has 104 valence electrons. The topological polar surface area (TPSA) is 72.7 Å². The predicted molar refractivity (Wildman–Crippen MR) is 80.7 cm³/mol. The van der Waals surface area contributed by atoms with Crippen molar-refractivity contribution in [3.05, 3.63) is 59.7 Å². The first-order valence-corrected chi connectivity index (χ1v) is 6.43. The number of anilines is 2. The van der Waals surface area contributed by atoms with Crippen LogP contribution >= 0.6 is 0 Å². The van der Waals surface area contributed by atoms with Crippen molar-refractivity contribution in [2.45, 2.75) is 19.3 Å². The summed E-state index contributed by atoms with van der Waals surface area (Å²) in [5, 5.41) is 25.0. The molecule has 2 aromatic carbocycles. The number of rotatable bonds is 0. The lowest BCUT2D eigenvalue weighted by Crippen LogP contribution is -2.25. The van der Waals surface area contributed by atoms with E-state index in [4.69, 9.17) is 15.1 Å². The standard InChI is InChI=1S/C15H15N.BH3O3/c1-15(2)11-7-3-5-9-13(11)16-14-10-6-4-8-12(14)15;2-1(3)4/h3-10,16H,1-2H3;2-4H. The van der Waals surface area contributed by atoms with Gasteiger partial charge in [0, 0.05) is 16.8 Å². The van der Waals surface area contributed by atoms with Crippen molar-refractivity contribution in [1.82, 2.24) is 0 Å². The maximum Gasteiger partial charge on any atom is 0.631 e. The Balaban J connectivity index is 0.000000328. The maximum absolute atomic E-state index is 7.17. The summed E-state index contributed by atoms with van der Waals surface area (Å²) in [6.07, 6.45) is 0. The summed E-state index contributed by atoms with van der Waals surface area (Å²) in [5.74, 6) is 0. The van der Waals surface area contributed by atoms with Crippen LogP contribution in [0.1, 0.15) is 25.0 Å². The van der Waals surface area contributed by atoms with Crippen molar-refractivity contribution in [3.63, 3.8) is 0 Å². The van der Waals surface area contributed by atoms with Crippen LogP contribution in [0.4, 0.5) is 11.4 Å². The van der Waals surface area contributed by atoms with Crippen LogP contribution in [0.15, 0.2) is 48.5 Å². The Bertz CT molecular complexity index is 549. The van der Waals surface area contributed by atoms with Gasteiger partial charge in [-0.1, -0.05) is 50.2 Å². The summed E-state index contributed by atoms with van der Waals surface area (Å²) in [5.41, 5.74) is 5.28. The monoisotopic (exact) mass is 271 g/mol. The molecule has 0 spiro atoms. The molecular formula is C15H18BNO3. The number of hydrogen-bond acceptors (Lipinski definition) is 4. The van der Waals surface area contributed by atoms with E-state index in [0.717, 1.165) is 0 Å². The van der Waals surface area contributed by atoms with E-state index in [2.05, 4.69) is 67.7 Å². The van der Waals surface area contributed by atoms with Crippen LogP contribution < -0.4 is 5.32 Å². The SMILES string of the molecule is CC1(C)c2ccccc2Nc2ccccc21.OB(O)O. The van der Waals surface area contributed by atoms with E-state index in [0.29, 0.717) is 0 Å². The van der Waals surface area contributed by atoms with Gasteiger partial charge >= 0.3 is 7.32 Å². The van der Waals surface area contributed by atoms with Crippen LogP contribution in [0.5, 0.6) is 0 Å². The lowest BCUT2D eigenvalue weighted by Gasteiger charge is -2.35. The lowest BCUT2D eigenvalue weighted by atomic mass is 9.74. The normalized spacial score (nSPS) is 14.1. The van der Waals surface area contributed by atoms with E-state index in [1.165, 1.54) is 22.5 Å². The fourth-order valence-electron chi connectivity index (χ4n) is 2.56. The molecule has 0 saturated heterocycles. The zero-order chi connectivity index (χ0) is 14.8. The summed E-state index contributed by atoms with van der Waals surface area (Å²) >= 11 is 0. The highest BCUT2D eigenvalue weighted by Crippen LogP contribution is 2.44. The van der Waals surface area contributed by atoms with Crippen molar-refractivity contribution in [3.8, 4) is 0 Å². The minimum Gasteiger partial charge on any atom is -0.402 e. The van der Waals surface area contributed by atoms with E-state index >= 15 is 0 Å². The highest BCUT2D eigenvalue weighted by Gasteiger charge is 2.31. The first-order valence-electron chi connectivity index (χ1n) is 6.43. The predicted octanol–water partition coefficient (Wildman–Crippen LogP) is 2.02. The Morgan fingerprint density at radius 2 is 1.15 bits per heavy atom. The molecule has 0 saturated carbocycles. The molecule has 1 aliphatic heterocycles. The minimum absolute atomic E-state index is 0.0818. The molecule has 0 atom stereocenters. The molecular weight excluding hydrogens is 253 g/mol.